The lowest BCUT2D eigenvalue weighted by Gasteiger charge is -2.04. The second-order valence-corrected chi connectivity index (χ2v) is 7.48. The van der Waals surface area contributed by atoms with Crippen molar-refractivity contribution < 1.29 is 4.79 Å². The fourth-order valence-corrected chi connectivity index (χ4v) is 3.21. The van der Waals surface area contributed by atoms with Crippen LogP contribution in [0, 0.1) is 0 Å². The first-order valence-corrected chi connectivity index (χ1v) is 10.2. The minimum atomic E-state index is -0.199. The largest absolute Gasteiger partial charge is 0.287 e. The molecule has 0 aliphatic carbocycles. The van der Waals surface area contributed by atoms with Crippen LogP contribution >= 0.6 is 15.9 Å². The molecule has 4 aromatic rings. The number of aromatic nitrogens is 3. The van der Waals surface area contributed by atoms with E-state index in [4.69, 9.17) is 0 Å². The van der Waals surface area contributed by atoms with Crippen LogP contribution in [0.5, 0.6) is 0 Å². The lowest BCUT2D eigenvalue weighted by Crippen LogP contribution is -2.02. The monoisotopic (exact) mass is 455 g/mol. The number of nitrogens with zero attached hydrogens (tertiary/aromatic N) is 3. The van der Waals surface area contributed by atoms with Gasteiger partial charge < -0.3 is 0 Å². The lowest BCUT2D eigenvalue weighted by atomic mass is 10.1. The molecule has 0 N–H and O–H groups in total. The number of rotatable bonds is 6. The van der Waals surface area contributed by atoms with Crippen molar-refractivity contribution in [3.8, 4) is 5.69 Å². The molecule has 0 saturated carbocycles. The summed E-state index contributed by atoms with van der Waals surface area (Å²) in [5.41, 5.74) is 3.73. The standard InChI is InChI=1S/C25H18BrN3O/c26-21-13-15-22(16-14-21)29-23(17-11-19-7-3-1-4-8-19)25(27-28-29)24(30)18-12-20-9-5-2-6-10-20/h1-18H/b17-11+,18-12+. The van der Waals surface area contributed by atoms with Crippen molar-refractivity contribution in [3.63, 3.8) is 0 Å². The molecule has 0 radical (unpaired) electrons. The minimum Gasteiger partial charge on any atom is -0.287 e. The SMILES string of the molecule is O=C(/C=C/c1ccccc1)c1nnn(-c2ccc(Br)cc2)c1/C=C/c1ccccc1. The zero-order valence-electron chi connectivity index (χ0n) is 16.0. The lowest BCUT2D eigenvalue weighted by molar-refractivity contribution is 0.104. The van der Waals surface area contributed by atoms with Crippen LogP contribution in [-0.4, -0.2) is 20.8 Å². The summed E-state index contributed by atoms with van der Waals surface area (Å²) in [4.78, 5) is 12.9. The molecule has 0 atom stereocenters. The molecule has 0 aliphatic rings. The van der Waals surface area contributed by atoms with Gasteiger partial charge in [-0.15, -0.1) is 5.10 Å². The molecule has 0 unspecified atom stereocenters. The number of carbonyl (C=O) groups excluding carboxylic acids is 1. The van der Waals surface area contributed by atoms with Crippen molar-refractivity contribution in [1.82, 2.24) is 15.0 Å². The summed E-state index contributed by atoms with van der Waals surface area (Å²) in [6.45, 7) is 0. The molecule has 0 spiro atoms. The summed E-state index contributed by atoms with van der Waals surface area (Å²) in [6.07, 6.45) is 7.14. The Morgan fingerprint density at radius 1 is 0.767 bits per heavy atom. The summed E-state index contributed by atoms with van der Waals surface area (Å²) in [7, 11) is 0. The molecule has 0 saturated heterocycles. The molecular weight excluding hydrogens is 438 g/mol. The van der Waals surface area contributed by atoms with Gasteiger partial charge in [0, 0.05) is 4.47 Å². The van der Waals surface area contributed by atoms with Gasteiger partial charge in [0.1, 0.15) is 0 Å². The van der Waals surface area contributed by atoms with E-state index in [2.05, 4.69) is 26.2 Å². The van der Waals surface area contributed by atoms with Gasteiger partial charge in [-0.25, -0.2) is 4.68 Å². The number of allylic oxidation sites excluding steroid dienone is 1. The van der Waals surface area contributed by atoms with E-state index in [1.807, 2.05) is 97.1 Å². The van der Waals surface area contributed by atoms with Gasteiger partial charge in [0.2, 0.25) is 5.78 Å². The highest BCUT2D eigenvalue weighted by Gasteiger charge is 2.17. The Morgan fingerprint density at radius 2 is 1.37 bits per heavy atom. The smallest absolute Gasteiger partial charge is 0.208 e. The quantitative estimate of drug-likeness (QED) is 0.260. The van der Waals surface area contributed by atoms with E-state index in [0.717, 1.165) is 21.3 Å². The first-order chi connectivity index (χ1) is 14.7. The van der Waals surface area contributed by atoms with Crippen LogP contribution in [0.4, 0.5) is 0 Å². The number of benzene rings is 3. The second kappa shape index (κ2) is 9.29. The third-order valence-corrected chi connectivity index (χ3v) is 5.00. The predicted octanol–water partition coefficient (Wildman–Crippen LogP) is 6.10. The zero-order chi connectivity index (χ0) is 20.8. The number of carbonyl (C=O) groups is 1. The summed E-state index contributed by atoms with van der Waals surface area (Å²) < 4.78 is 2.64. The highest BCUT2D eigenvalue weighted by atomic mass is 79.9. The Labute approximate surface area is 183 Å². The van der Waals surface area contributed by atoms with Crippen molar-refractivity contribution in [2.24, 2.45) is 0 Å². The fraction of sp³-hybridized carbons (Fsp3) is 0. The predicted molar refractivity (Wildman–Crippen MR) is 124 cm³/mol. The Balaban J connectivity index is 1.72. The van der Waals surface area contributed by atoms with Gasteiger partial charge in [0.05, 0.1) is 11.4 Å². The van der Waals surface area contributed by atoms with Gasteiger partial charge in [0.15, 0.2) is 5.69 Å². The van der Waals surface area contributed by atoms with E-state index in [1.54, 1.807) is 10.8 Å². The molecule has 1 aromatic heterocycles. The van der Waals surface area contributed by atoms with E-state index in [0.29, 0.717) is 11.4 Å². The molecule has 3 aromatic carbocycles. The number of hydrogen-bond acceptors (Lipinski definition) is 3. The first-order valence-electron chi connectivity index (χ1n) is 9.43. The van der Waals surface area contributed by atoms with Crippen molar-refractivity contribution in [2.75, 3.05) is 0 Å². The maximum Gasteiger partial charge on any atom is 0.208 e. The van der Waals surface area contributed by atoms with Crippen molar-refractivity contribution in [2.45, 2.75) is 0 Å². The number of ketones is 1. The van der Waals surface area contributed by atoms with E-state index in [9.17, 15) is 4.79 Å². The van der Waals surface area contributed by atoms with Crippen LogP contribution in [0.3, 0.4) is 0 Å². The molecule has 1 heterocycles. The van der Waals surface area contributed by atoms with E-state index in [-0.39, 0.29) is 5.78 Å². The van der Waals surface area contributed by atoms with Gasteiger partial charge in [-0.2, -0.15) is 0 Å². The Kier molecular flexibility index (Phi) is 6.11. The van der Waals surface area contributed by atoms with Crippen LogP contribution in [0.15, 0.2) is 95.5 Å². The van der Waals surface area contributed by atoms with Crippen LogP contribution < -0.4 is 0 Å². The number of hydrogen-bond donors (Lipinski definition) is 0. The van der Waals surface area contributed by atoms with Crippen LogP contribution in [0.1, 0.15) is 27.3 Å². The van der Waals surface area contributed by atoms with Crippen LogP contribution in [0.25, 0.3) is 23.9 Å². The second-order valence-electron chi connectivity index (χ2n) is 6.56. The normalized spacial score (nSPS) is 11.4. The molecule has 0 aliphatic heterocycles. The maximum atomic E-state index is 12.9. The highest BCUT2D eigenvalue weighted by molar-refractivity contribution is 9.10. The third kappa shape index (κ3) is 4.70. The van der Waals surface area contributed by atoms with Gasteiger partial charge in [-0.3, -0.25) is 4.79 Å². The maximum absolute atomic E-state index is 12.9. The molecule has 0 amide bonds. The molecule has 5 heteroatoms. The van der Waals surface area contributed by atoms with Gasteiger partial charge >= 0.3 is 0 Å². The summed E-state index contributed by atoms with van der Waals surface area (Å²) in [5.74, 6) is -0.199. The Morgan fingerprint density at radius 3 is 2.00 bits per heavy atom. The van der Waals surface area contributed by atoms with Crippen molar-refractivity contribution in [3.05, 3.63) is 118 Å². The van der Waals surface area contributed by atoms with Crippen molar-refractivity contribution in [1.29, 1.82) is 0 Å². The molecule has 4 rings (SSSR count). The van der Waals surface area contributed by atoms with E-state index < -0.39 is 0 Å². The Bertz CT molecular complexity index is 1190. The average molecular weight is 456 g/mol. The Hall–Kier alpha value is -3.57. The van der Waals surface area contributed by atoms with E-state index in [1.165, 1.54) is 6.08 Å². The van der Waals surface area contributed by atoms with E-state index >= 15 is 0 Å². The van der Waals surface area contributed by atoms with Crippen LogP contribution in [-0.2, 0) is 0 Å². The number of halogens is 1. The molecular formula is C25H18BrN3O. The van der Waals surface area contributed by atoms with Gasteiger partial charge in [0.25, 0.3) is 0 Å². The zero-order valence-corrected chi connectivity index (χ0v) is 17.6. The first kappa shape index (κ1) is 19.7. The average Bonchev–Trinajstić information content (AvgIpc) is 3.22. The molecule has 0 bridgehead atoms. The van der Waals surface area contributed by atoms with Gasteiger partial charge in [-0.1, -0.05) is 94.0 Å². The minimum absolute atomic E-state index is 0.199. The van der Waals surface area contributed by atoms with Crippen molar-refractivity contribution >= 4 is 39.9 Å². The third-order valence-electron chi connectivity index (χ3n) is 4.47. The fourth-order valence-electron chi connectivity index (χ4n) is 2.94. The summed E-state index contributed by atoms with van der Waals surface area (Å²) in [5, 5.41) is 8.44. The van der Waals surface area contributed by atoms with Crippen LogP contribution in [0.2, 0.25) is 0 Å². The topological polar surface area (TPSA) is 47.8 Å². The summed E-state index contributed by atoms with van der Waals surface area (Å²) >= 11 is 3.45. The molecule has 0 fully saturated rings. The highest BCUT2D eigenvalue weighted by Crippen LogP contribution is 2.19. The summed E-state index contributed by atoms with van der Waals surface area (Å²) in [6, 6.07) is 27.3. The van der Waals surface area contributed by atoms with Gasteiger partial charge in [-0.05, 0) is 47.5 Å². The molecule has 30 heavy (non-hydrogen) atoms. The molecule has 4 nitrogen and oxygen atoms in total. The molecule has 146 valence electrons.